The minimum absolute atomic E-state index is 0.471. The molecule has 12 heavy (non-hydrogen) atoms. The SMILES string of the molecule is CN(C)S(=O)(=O)C1CNCCN1. The lowest BCUT2D eigenvalue weighted by atomic mass is 10.4. The fourth-order valence-corrected chi connectivity index (χ4v) is 2.26. The van der Waals surface area contributed by atoms with E-state index in [0.29, 0.717) is 13.1 Å². The van der Waals surface area contributed by atoms with E-state index in [0.717, 1.165) is 6.54 Å². The van der Waals surface area contributed by atoms with Crippen LogP contribution in [0.4, 0.5) is 0 Å². The first kappa shape index (κ1) is 9.91. The van der Waals surface area contributed by atoms with E-state index >= 15 is 0 Å². The summed E-state index contributed by atoms with van der Waals surface area (Å²) in [5, 5.41) is 5.50. The fourth-order valence-electron chi connectivity index (χ4n) is 1.09. The monoisotopic (exact) mass is 193 g/mol. The summed E-state index contributed by atoms with van der Waals surface area (Å²) in [6.45, 7) is 2.03. The van der Waals surface area contributed by atoms with Gasteiger partial charge < -0.3 is 5.32 Å². The average Bonchev–Trinajstić information content (AvgIpc) is 2.06. The van der Waals surface area contributed by atoms with Gasteiger partial charge in [0.1, 0.15) is 5.37 Å². The molecule has 1 fully saturated rings. The van der Waals surface area contributed by atoms with Crippen LogP contribution < -0.4 is 10.6 Å². The molecule has 6 heteroatoms. The number of sulfonamides is 1. The molecule has 72 valence electrons. The Labute approximate surface area is 73.2 Å². The molecule has 2 N–H and O–H groups in total. The van der Waals surface area contributed by atoms with Crippen molar-refractivity contribution >= 4 is 10.0 Å². The Morgan fingerprint density at radius 3 is 2.42 bits per heavy atom. The summed E-state index contributed by atoms with van der Waals surface area (Å²) in [6.07, 6.45) is 0. The zero-order chi connectivity index (χ0) is 9.19. The number of piperazine rings is 1. The Kier molecular flexibility index (Phi) is 3.05. The zero-order valence-corrected chi connectivity index (χ0v) is 8.19. The van der Waals surface area contributed by atoms with Crippen molar-refractivity contribution in [3.8, 4) is 0 Å². The van der Waals surface area contributed by atoms with Gasteiger partial charge in [-0.05, 0) is 0 Å². The molecule has 1 unspecified atom stereocenters. The standard InChI is InChI=1S/C6H15N3O2S/c1-9(2)12(10,11)6-5-7-3-4-8-6/h6-8H,3-5H2,1-2H3. The Balaban J connectivity index is 2.67. The molecule has 1 aliphatic rings. The van der Waals surface area contributed by atoms with Crippen LogP contribution in [0.2, 0.25) is 0 Å². The first-order valence-corrected chi connectivity index (χ1v) is 5.41. The summed E-state index contributed by atoms with van der Waals surface area (Å²) in [5.74, 6) is 0. The van der Waals surface area contributed by atoms with E-state index in [2.05, 4.69) is 10.6 Å². The lowest BCUT2D eigenvalue weighted by molar-refractivity contribution is 0.443. The van der Waals surface area contributed by atoms with Gasteiger partial charge in [-0.25, -0.2) is 12.7 Å². The first-order chi connectivity index (χ1) is 5.55. The summed E-state index contributed by atoms with van der Waals surface area (Å²) in [5.41, 5.74) is 0. The molecular weight excluding hydrogens is 178 g/mol. The van der Waals surface area contributed by atoms with Gasteiger partial charge in [0.15, 0.2) is 0 Å². The van der Waals surface area contributed by atoms with Gasteiger partial charge in [0.2, 0.25) is 10.0 Å². The van der Waals surface area contributed by atoms with Crippen molar-refractivity contribution in [2.45, 2.75) is 5.37 Å². The highest BCUT2D eigenvalue weighted by Crippen LogP contribution is 2.02. The molecule has 1 rings (SSSR count). The molecule has 0 bridgehead atoms. The van der Waals surface area contributed by atoms with Crippen molar-refractivity contribution in [1.29, 1.82) is 0 Å². The van der Waals surface area contributed by atoms with E-state index in [1.807, 2.05) is 0 Å². The number of rotatable bonds is 2. The van der Waals surface area contributed by atoms with Gasteiger partial charge in [-0.1, -0.05) is 0 Å². The number of nitrogens with one attached hydrogen (secondary N) is 2. The van der Waals surface area contributed by atoms with Crippen molar-refractivity contribution in [2.75, 3.05) is 33.7 Å². The summed E-state index contributed by atoms with van der Waals surface area (Å²) < 4.78 is 24.3. The molecule has 0 radical (unpaired) electrons. The molecule has 0 aromatic rings. The number of nitrogens with zero attached hydrogens (tertiary/aromatic N) is 1. The molecule has 1 saturated heterocycles. The highest BCUT2D eigenvalue weighted by molar-refractivity contribution is 7.89. The van der Waals surface area contributed by atoms with Gasteiger partial charge in [0, 0.05) is 33.7 Å². The van der Waals surface area contributed by atoms with Crippen molar-refractivity contribution in [3.63, 3.8) is 0 Å². The van der Waals surface area contributed by atoms with E-state index in [1.54, 1.807) is 14.1 Å². The fraction of sp³-hybridized carbons (Fsp3) is 1.00. The molecule has 1 heterocycles. The Morgan fingerprint density at radius 2 is 2.00 bits per heavy atom. The van der Waals surface area contributed by atoms with E-state index in [4.69, 9.17) is 0 Å². The molecule has 1 aliphatic heterocycles. The molecule has 0 aromatic carbocycles. The van der Waals surface area contributed by atoms with Crippen molar-refractivity contribution in [2.24, 2.45) is 0 Å². The first-order valence-electron chi connectivity index (χ1n) is 3.90. The molecule has 0 aromatic heterocycles. The second-order valence-corrected chi connectivity index (χ2v) is 5.30. The van der Waals surface area contributed by atoms with Crippen LogP contribution in [-0.4, -0.2) is 51.8 Å². The number of hydrogen-bond donors (Lipinski definition) is 2. The maximum absolute atomic E-state index is 11.5. The van der Waals surface area contributed by atoms with E-state index < -0.39 is 15.4 Å². The lowest BCUT2D eigenvalue weighted by Gasteiger charge is -2.26. The molecular formula is C6H15N3O2S. The van der Waals surface area contributed by atoms with Crippen LogP contribution in [0.3, 0.4) is 0 Å². The van der Waals surface area contributed by atoms with Crippen LogP contribution in [0.25, 0.3) is 0 Å². The van der Waals surface area contributed by atoms with Gasteiger partial charge in [-0.2, -0.15) is 0 Å². The molecule has 0 spiro atoms. The molecule has 5 nitrogen and oxygen atoms in total. The average molecular weight is 193 g/mol. The van der Waals surface area contributed by atoms with Crippen molar-refractivity contribution < 1.29 is 8.42 Å². The van der Waals surface area contributed by atoms with Gasteiger partial charge in [0.25, 0.3) is 0 Å². The van der Waals surface area contributed by atoms with Gasteiger partial charge in [-0.3, -0.25) is 5.32 Å². The lowest BCUT2D eigenvalue weighted by Crippen LogP contribution is -2.54. The van der Waals surface area contributed by atoms with E-state index in [1.165, 1.54) is 4.31 Å². The summed E-state index contributed by atoms with van der Waals surface area (Å²) in [7, 11) is -0.0457. The van der Waals surface area contributed by atoms with Gasteiger partial charge >= 0.3 is 0 Å². The predicted octanol–water partition coefficient (Wildman–Crippen LogP) is -1.60. The highest BCUT2D eigenvalue weighted by Gasteiger charge is 2.28. The maximum atomic E-state index is 11.5. The largest absolute Gasteiger partial charge is 0.313 e. The molecule has 0 saturated carbocycles. The van der Waals surface area contributed by atoms with Gasteiger partial charge in [-0.15, -0.1) is 0 Å². The van der Waals surface area contributed by atoms with E-state index in [9.17, 15) is 8.42 Å². The third kappa shape index (κ3) is 1.95. The molecule has 0 aliphatic carbocycles. The Bertz CT molecular complexity index is 231. The maximum Gasteiger partial charge on any atom is 0.230 e. The van der Waals surface area contributed by atoms with Crippen LogP contribution in [0.15, 0.2) is 0 Å². The second kappa shape index (κ2) is 3.69. The minimum Gasteiger partial charge on any atom is -0.313 e. The third-order valence-corrected chi connectivity index (χ3v) is 3.94. The molecule has 0 amide bonds. The van der Waals surface area contributed by atoms with Crippen molar-refractivity contribution in [1.82, 2.24) is 14.9 Å². The molecule has 1 atom stereocenters. The van der Waals surface area contributed by atoms with Crippen molar-refractivity contribution in [3.05, 3.63) is 0 Å². The predicted molar refractivity (Wildman–Crippen MR) is 47.3 cm³/mol. The topological polar surface area (TPSA) is 61.4 Å². The van der Waals surface area contributed by atoms with Crippen LogP contribution >= 0.6 is 0 Å². The van der Waals surface area contributed by atoms with Crippen LogP contribution in [0, 0.1) is 0 Å². The van der Waals surface area contributed by atoms with Gasteiger partial charge in [0.05, 0.1) is 0 Å². The summed E-state index contributed by atoms with van der Waals surface area (Å²) >= 11 is 0. The number of hydrogen-bond acceptors (Lipinski definition) is 4. The second-order valence-electron chi connectivity index (χ2n) is 2.97. The zero-order valence-electron chi connectivity index (χ0n) is 7.37. The normalized spacial score (nSPS) is 26.1. The Morgan fingerprint density at radius 1 is 1.33 bits per heavy atom. The van der Waals surface area contributed by atoms with Crippen LogP contribution in [-0.2, 0) is 10.0 Å². The quantitative estimate of drug-likeness (QED) is 0.554. The summed E-state index contributed by atoms with van der Waals surface area (Å²) in [6, 6.07) is 0. The smallest absolute Gasteiger partial charge is 0.230 e. The third-order valence-electron chi connectivity index (χ3n) is 1.87. The van der Waals surface area contributed by atoms with Crippen LogP contribution in [0.5, 0.6) is 0 Å². The van der Waals surface area contributed by atoms with E-state index in [-0.39, 0.29) is 0 Å². The van der Waals surface area contributed by atoms with Crippen LogP contribution in [0.1, 0.15) is 0 Å². The highest BCUT2D eigenvalue weighted by atomic mass is 32.2. The Hall–Kier alpha value is -0.170. The minimum atomic E-state index is -3.14. The summed E-state index contributed by atoms with van der Waals surface area (Å²) in [4.78, 5) is 0.